The fraction of sp³-hybridized carbons (Fsp3) is 0.0476. The Bertz CT molecular complexity index is 958. The molecule has 0 unspecified atom stereocenters. The van der Waals surface area contributed by atoms with Crippen molar-refractivity contribution in [2.24, 2.45) is 5.10 Å². The van der Waals surface area contributed by atoms with Crippen molar-refractivity contribution in [2.45, 2.75) is 6.61 Å². The summed E-state index contributed by atoms with van der Waals surface area (Å²) >= 11 is 9.47. The van der Waals surface area contributed by atoms with Crippen LogP contribution in [0.5, 0.6) is 5.75 Å². The number of carbonyl (C=O) groups is 1. The second-order valence-electron chi connectivity index (χ2n) is 5.66. The van der Waals surface area contributed by atoms with E-state index in [2.05, 4.69) is 26.5 Å². The van der Waals surface area contributed by atoms with E-state index in [1.54, 1.807) is 30.3 Å². The highest BCUT2D eigenvalue weighted by molar-refractivity contribution is 9.10. The van der Waals surface area contributed by atoms with Crippen LogP contribution in [0, 0.1) is 0 Å². The number of hydrogen-bond acceptors (Lipinski definition) is 3. The van der Waals surface area contributed by atoms with Gasteiger partial charge in [-0.3, -0.25) is 4.79 Å². The van der Waals surface area contributed by atoms with Crippen LogP contribution >= 0.6 is 27.5 Å². The summed E-state index contributed by atoms with van der Waals surface area (Å²) in [5, 5.41) is 4.51. The van der Waals surface area contributed by atoms with E-state index in [1.807, 2.05) is 42.5 Å². The molecule has 0 bridgehead atoms. The smallest absolute Gasteiger partial charge is 0.271 e. The predicted octanol–water partition coefficient (Wildman–Crippen LogP) is 5.45. The summed E-state index contributed by atoms with van der Waals surface area (Å²) in [5.74, 6) is 0.378. The molecule has 0 saturated heterocycles. The van der Waals surface area contributed by atoms with Crippen molar-refractivity contribution < 1.29 is 9.53 Å². The van der Waals surface area contributed by atoms with Crippen molar-refractivity contribution in [3.8, 4) is 5.75 Å². The van der Waals surface area contributed by atoms with Gasteiger partial charge in [0.15, 0.2) is 0 Å². The molecule has 0 radical (unpaired) electrons. The maximum atomic E-state index is 12.1. The van der Waals surface area contributed by atoms with Crippen molar-refractivity contribution in [3.05, 3.63) is 99.0 Å². The monoisotopic (exact) mass is 442 g/mol. The number of halogens is 2. The van der Waals surface area contributed by atoms with E-state index in [9.17, 15) is 4.79 Å². The van der Waals surface area contributed by atoms with E-state index < -0.39 is 0 Å². The highest BCUT2D eigenvalue weighted by Gasteiger charge is 2.05. The molecule has 0 spiro atoms. The van der Waals surface area contributed by atoms with E-state index >= 15 is 0 Å². The zero-order valence-electron chi connectivity index (χ0n) is 14.2. The van der Waals surface area contributed by atoms with E-state index in [1.165, 1.54) is 6.21 Å². The first kappa shape index (κ1) is 19.1. The zero-order chi connectivity index (χ0) is 19.1. The van der Waals surface area contributed by atoms with Crippen LogP contribution in [0.3, 0.4) is 0 Å². The van der Waals surface area contributed by atoms with Crippen molar-refractivity contribution in [1.29, 1.82) is 0 Å². The molecule has 0 aliphatic carbocycles. The average Bonchev–Trinajstić information content (AvgIpc) is 2.68. The lowest BCUT2D eigenvalue weighted by molar-refractivity contribution is 0.0955. The number of ether oxygens (including phenoxy) is 1. The summed E-state index contributed by atoms with van der Waals surface area (Å²) < 4.78 is 6.74. The van der Waals surface area contributed by atoms with Gasteiger partial charge < -0.3 is 4.74 Å². The Morgan fingerprint density at radius 1 is 1.07 bits per heavy atom. The minimum absolute atomic E-state index is 0.308. The minimum Gasteiger partial charge on any atom is -0.489 e. The molecular weight excluding hydrogens is 428 g/mol. The molecule has 1 amide bonds. The van der Waals surface area contributed by atoms with Gasteiger partial charge in [0.25, 0.3) is 5.91 Å². The highest BCUT2D eigenvalue weighted by Crippen LogP contribution is 2.17. The summed E-state index contributed by atoms with van der Waals surface area (Å²) in [6.45, 7) is 0.451. The van der Waals surface area contributed by atoms with Gasteiger partial charge in [-0.05, 0) is 48.0 Å². The molecule has 3 rings (SSSR count). The van der Waals surface area contributed by atoms with E-state index in [-0.39, 0.29) is 5.91 Å². The molecule has 0 atom stereocenters. The van der Waals surface area contributed by atoms with Gasteiger partial charge in [-0.15, -0.1) is 0 Å². The number of nitrogens with zero attached hydrogens (tertiary/aromatic N) is 1. The topological polar surface area (TPSA) is 50.7 Å². The minimum atomic E-state index is -0.308. The van der Waals surface area contributed by atoms with Crippen LogP contribution < -0.4 is 10.2 Å². The van der Waals surface area contributed by atoms with Crippen LogP contribution in [0.15, 0.2) is 82.4 Å². The van der Waals surface area contributed by atoms with Crippen molar-refractivity contribution in [2.75, 3.05) is 0 Å². The quantitative estimate of drug-likeness (QED) is 0.407. The summed E-state index contributed by atoms with van der Waals surface area (Å²) in [5.41, 5.74) is 4.76. The zero-order valence-corrected chi connectivity index (χ0v) is 16.6. The first-order valence-electron chi connectivity index (χ1n) is 8.17. The number of hydrogen-bond donors (Lipinski definition) is 1. The van der Waals surface area contributed by atoms with E-state index in [0.717, 1.165) is 15.6 Å². The molecule has 136 valence electrons. The van der Waals surface area contributed by atoms with Gasteiger partial charge in [0.05, 0.1) is 6.21 Å². The van der Waals surface area contributed by atoms with Crippen LogP contribution in [0.4, 0.5) is 0 Å². The number of carbonyl (C=O) groups excluding carboxylic acids is 1. The lowest BCUT2D eigenvalue weighted by Gasteiger charge is -2.07. The SMILES string of the molecule is O=C(NN=Cc1ccccc1Cl)c1ccc(OCc2cccc(Br)c2)cc1. The Morgan fingerprint density at radius 3 is 2.59 bits per heavy atom. The molecule has 0 fully saturated rings. The molecule has 1 N–H and O–H groups in total. The van der Waals surface area contributed by atoms with E-state index in [0.29, 0.717) is 22.9 Å². The number of hydrazone groups is 1. The third kappa shape index (κ3) is 5.67. The predicted molar refractivity (Wildman–Crippen MR) is 111 cm³/mol. The Labute approximate surface area is 171 Å². The third-order valence-electron chi connectivity index (χ3n) is 3.69. The second kappa shape index (κ2) is 9.35. The molecular formula is C21H16BrClN2O2. The molecule has 4 nitrogen and oxygen atoms in total. The summed E-state index contributed by atoms with van der Waals surface area (Å²) in [4.78, 5) is 12.1. The second-order valence-corrected chi connectivity index (χ2v) is 6.99. The maximum absolute atomic E-state index is 12.1. The average molecular weight is 444 g/mol. The molecule has 0 heterocycles. The molecule has 0 saturated carbocycles. The first-order valence-corrected chi connectivity index (χ1v) is 9.34. The normalized spacial score (nSPS) is 10.7. The highest BCUT2D eigenvalue weighted by atomic mass is 79.9. The van der Waals surface area contributed by atoms with Crippen LogP contribution in [-0.2, 0) is 6.61 Å². The molecule has 6 heteroatoms. The van der Waals surface area contributed by atoms with Crippen molar-refractivity contribution in [1.82, 2.24) is 5.43 Å². The van der Waals surface area contributed by atoms with Crippen molar-refractivity contribution >= 4 is 39.7 Å². The Morgan fingerprint density at radius 2 is 1.85 bits per heavy atom. The first-order chi connectivity index (χ1) is 13.1. The maximum Gasteiger partial charge on any atom is 0.271 e. The van der Waals surface area contributed by atoms with Crippen LogP contribution in [0.2, 0.25) is 5.02 Å². The summed E-state index contributed by atoms with van der Waals surface area (Å²) in [7, 11) is 0. The molecule has 27 heavy (non-hydrogen) atoms. The number of benzene rings is 3. The largest absolute Gasteiger partial charge is 0.489 e. The molecule has 0 aromatic heterocycles. The Kier molecular flexibility index (Phi) is 6.63. The van der Waals surface area contributed by atoms with Gasteiger partial charge in [-0.2, -0.15) is 5.10 Å². The van der Waals surface area contributed by atoms with Crippen LogP contribution in [0.25, 0.3) is 0 Å². The van der Waals surface area contributed by atoms with Gasteiger partial charge in [-0.1, -0.05) is 57.9 Å². The fourth-order valence-corrected chi connectivity index (χ4v) is 2.93. The standard InChI is InChI=1S/C21H16BrClN2O2/c22-18-6-3-4-15(12-18)14-27-19-10-8-16(9-11-19)21(26)25-24-13-17-5-1-2-7-20(17)23/h1-13H,14H2,(H,25,26). The van der Waals surface area contributed by atoms with Crippen molar-refractivity contribution in [3.63, 3.8) is 0 Å². The molecule has 3 aromatic carbocycles. The van der Waals surface area contributed by atoms with Gasteiger partial charge >= 0.3 is 0 Å². The number of amides is 1. The molecule has 0 aliphatic heterocycles. The number of rotatable bonds is 6. The lowest BCUT2D eigenvalue weighted by atomic mass is 10.2. The van der Waals surface area contributed by atoms with Gasteiger partial charge in [0.1, 0.15) is 12.4 Å². The van der Waals surface area contributed by atoms with E-state index in [4.69, 9.17) is 16.3 Å². The van der Waals surface area contributed by atoms with Crippen LogP contribution in [0.1, 0.15) is 21.5 Å². The van der Waals surface area contributed by atoms with Crippen LogP contribution in [-0.4, -0.2) is 12.1 Å². The molecule has 3 aromatic rings. The van der Waals surface area contributed by atoms with Gasteiger partial charge in [-0.25, -0.2) is 5.43 Å². The van der Waals surface area contributed by atoms with Gasteiger partial charge in [0.2, 0.25) is 0 Å². The third-order valence-corrected chi connectivity index (χ3v) is 4.52. The molecule has 0 aliphatic rings. The Hall–Kier alpha value is -2.63. The Balaban J connectivity index is 1.55. The number of nitrogens with one attached hydrogen (secondary N) is 1. The lowest BCUT2D eigenvalue weighted by Crippen LogP contribution is -2.17. The van der Waals surface area contributed by atoms with Gasteiger partial charge in [0, 0.05) is 20.6 Å². The summed E-state index contributed by atoms with van der Waals surface area (Å²) in [6, 6.07) is 22.1. The fourth-order valence-electron chi connectivity index (χ4n) is 2.30. The summed E-state index contributed by atoms with van der Waals surface area (Å²) in [6.07, 6.45) is 1.51.